The third kappa shape index (κ3) is 3.39. The number of carbonyl (C=O) groups is 1. The second-order valence-electron chi connectivity index (χ2n) is 5.78. The summed E-state index contributed by atoms with van der Waals surface area (Å²) in [6.45, 7) is 2.19. The van der Waals surface area contributed by atoms with Gasteiger partial charge in [0, 0.05) is 30.0 Å². The average Bonchev–Trinajstić information content (AvgIpc) is 2.93. The van der Waals surface area contributed by atoms with Gasteiger partial charge in [-0.15, -0.1) is 0 Å². The molecule has 22 heavy (non-hydrogen) atoms. The maximum absolute atomic E-state index is 11.6. The number of halogens is 1. The molecule has 1 N–H and O–H groups in total. The molecule has 0 radical (unpaired) electrons. The molecule has 0 aliphatic carbocycles. The minimum atomic E-state index is -0.705. The van der Waals surface area contributed by atoms with Gasteiger partial charge in [-0.2, -0.15) is 0 Å². The van der Waals surface area contributed by atoms with Crippen molar-refractivity contribution in [1.82, 2.24) is 4.90 Å². The molecule has 1 aliphatic rings. The molecule has 0 aromatic heterocycles. The van der Waals surface area contributed by atoms with Gasteiger partial charge in [0.1, 0.15) is 0 Å². The Bertz CT molecular complexity index is 642. The predicted octanol–water partition coefficient (Wildman–Crippen LogP) is 3.75. The molecule has 0 amide bonds. The summed E-state index contributed by atoms with van der Waals surface area (Å²) >= 11 is 3.43. The van der Waals surface area contributed by atoms with Crippen LogP contribution in [0, 0.1) is 5.92 Å². The molecule has 2 aromatic rings. The third-order valence-corrected chi connectivity index (χ3v) is 4.79. The lowest BCUT2D eigenvalue weighted by atomic mass is 9.89. The van der Waals surface area contributed by atoms with E-state index in [0.29, 0.717) is 6.54 Å². The lowest BCUT2D eigenvalue weighted by Gasteiger charge is -2.16. The molecule has 0 spiro atoms. The van der Waals surface area contributed by atoms with E-state index in [2.05, 4.69) is 33.0 Å². The van der Waals surface area contributed by atoms with Crippen molar-refractivity contribution in [3.05, 3.63) is 70.2 Å². The van der Waals surface area contributed by atoms with E-state index in [-0.39, 0.29) is 11.8 Å². The summed E-state index contributed by atoms with van der Waals surface area (Å²) in [4.78, 5) is 13.9. The van der Waals surface area contributed by atoms with Gasteiger partial charge in [0.15, 0.2) is 0 Å². The monoisotopic (exact) mass is 359 g/mol. The molecule has 2 aromatic carbocycles. The van der Waals surface area contributed by atoms with Crippen molar-refractivity contribution in [2.75, 3.05) is 13.1 Å². The standard InChI is InChI=1S/C18H18BrNO2/c19-15-8-6-14(7-9-15)16-11-20(12-17(16)18(21)22)10-13-4-2-1-3-5-13/h1-9,16-17H,10-12H2,(H,21,22)/t16-,17-/m0/s1. The van der Waals surface area contributed by atoms with Crippen LogP contribution in [0.15, 0.2) is 59.1 Å². The van der Waals surface area contributed by atoms with Crippen LogP contribution in [-0.4, -0.2) is 29.1 Å². The second kappa shape index (κ2) is 6.63. The van der Waals surface area contributed by atoms with Gasteiger partial charge in [-0.3, -0.25) is 9.69 Å². The number of aliphatic carboxylic acids is 1. The van der Waals surface area contributed by atoms with E-state index in [4.69, 9.17) is 0 Å². The second-order valence-corrected chi connectivity index (χ2v) is 6.70. The fourth-order valence-corrected chi connectivity index (χ4v) is 3.42. The van der Waals surface area contributed by atoms with Gasteiger partial charge < -0.3 is 5.11 Å². The Hall–Kier alpha value is -1.65. The highest BCUT2D eigenvalue weighted by atomic mass is 79.9. The first-order valence-electron chi connectivity index (χ1n) is 7.38. The topological polar surface area (TPSA) is 40.5 Å². The summed E-state index contributed by atoms with van der Waals surface area (Å²) in [7, 11) is 0. The van der Waals surface area contributed by atoms with Gasteiger partial charge in [-0.05, 0) is 23.3 Å². The number of benzene rings is 2. The van der Waals surface area contributed by atoms with Crippen molar-refractivity contribution in [3.8, 4) is 0 Å². The fraction of sp³-hybridized carbons (Fsp3) is 0.278. The van der Waals surface area contributed by atoms with Crippen molar-refractivity contribution in [1.29, 1.82) is 0 Å². The van der Waals surface area contributed by atoms with Gasteiger partial charge in [-0.1, -0.05) is 58.4 Å². The quantitative estimate of drug-likeness (QED) is 0.903. The number of rotatable bonds is 4. The predicted molar refractivity (Wildman–Crippen MR) is 89.7 cm³/mol. The van der Waals surface area contributed by atoms with Crippen LogP contribution in [0.25, 0.3) is 0 Å². The highest BCUT2D eigenvalue weighted by Gasteiger charge is 2.38. The lowest BCUT2D eigenvalue weighted by molar-refractivity contribution is -0.141. The van der Waals surface area contributed by atoms with E-state index >= 15 is 0 Å². The zero-order valence-electron chi connectivity index (χ0n) is 12.2. The third-order valence-electron chi connectivity index (χ3n) is 4.26. The number of carboxylic acids is 1. The highest BCUT2D eigenvalue weighted by Crippen LogP contribution is 2.34. The molecule has 0 saturated carbocycles. The van der Waals surface area contributed by atoms with Crippen LogP contribution in [0.1, 0.15) is 17.0 Å². The molecule has 2 atom stereocenters. The summed E-state index contributed by atoms with van der Waals surface area (Å²) in [5, 5.41) is 9.55. The summed E-state index contributed by atoms with van der Waals surface area (Å²) < 4.78 is 1.02. The van der Waals surface area contributed by atoms with E-state index in [1.54, 1.807) is 0 Å². The summed E-state index contributed by atoms with van der Waals surface area (Å²) in [6, 6.07) is 18.2. The lowest BCUT2D eigenvalue weighted by Crippen LogP contribution is -2.23. The maximum Gasteiger partial charge on any atom is 0.308 e. The van der Waals surface area contributed by atoms with E-state index in [1.807, 2.05) is 42.5 Å². The normalized spacial score (nSPS) is 21.9. The van der Waals surface area contributed by atoms with E-state index < -0.39 is 5.97 Å². The van der Waals surface area contributed by atoms with Crippen LogP contribution in [0.5, 0.6) is 0 Å². The molecule has 0 bridgehead atoms. The number of likely N-dealkylation sites (tertiary alicyclic amines) is 1. The van der Waals surface area contributed by atoms with Crippen LogP contribution in [0.4, 0.5) is 0 Å². The molecule has 1 aliphatic heterocycles. The Morgan fingerprint density at radius 2 is 1.77 bits per heavy atom. The van der Waals surface area contributed by atoms with Crippen LogP contribution in [0.2, 0.25) is 0 Å². The first-order chi connectivity index (χ1) is 10.6. The van der Waals surface area contributed by atoms with E-state index in [1.165, 1.54) is 5.56 Å². The molecule has 4 heteroatoms. The molecule has 1 fully saturated rings. The van der Waals surface area contributed by atoms with Crippen molar-refractivity contribution < 1.29 is 9.90 Å². The molecule has 1 saturated heterocycles. The average molecular weight is 360 g/mol. The minimum absolute atomic E-state index is 0.0503. The Balaban J connectivity index is 1.77. The minimum Gasteiger partial charge on any atom is -0.481 e. The van der Waals surface area contributed by atoms with Crippen LogP contribution < -0.4 is 0 Å². The SMILES string of the molecule is O=C(O)[C@H]1CN(Cc2ccccc2)C[C@H]1c1ccc(Br)cc1. The zero-order chi connectivity index (χ0) is 15.5. The van der Waals surface area contributed by atoms with Crippen LogP contribution >= 0.6 is 15.9 Å². The van der Waals surface area contributed by atoms with Gasteiger partial charge in [-0.25, -0.2) is 0 Å². The summed E-state index contributed by atoms with van der Waals surface area (Å²) in [6.07, 6.45) is 0. The van der Waals surface area contributed by atoms with Crippen LogP contribution in [-0.2, 0) is 11.3 Å². The fourth-order valence-electron chi connectivity index (χ4n) is 3.15. The van der Waals surface area contributed by atoms with Gasteiger partial charge in [0.25, 0.3) is 0 Å². The molecule has 3 rings (SSSR count). The Morgan fingerprint density at radius 1 is 1.09 bits per heavy atom. The molecule has 114 valence electrons. The number of hydrogen-bond acceptors (Lipinski definition) is 2. The molecular formula is C18H18BrNO2. The Kier molecular flexibility index (Phi) is 4.60. The summed E-state index contributed by atoms with van der Waals surface area (Å²) in [5.41, 5.74) is 2.33. The number of carboxylic acid groups (broad SMARTS) is 1. The first-order valence-corrected chi connectivity index (χ1v) is 8.17. The molecular weight excluding hydrogens is 342 g/mol. The smallest absolute Gasteiger partial charge is 0.308 e. The van der Waals surface area contributed by atoms with Crippen molar-refractivity contribution in [3.63, 3.8) is 0 Å². The van der Waals surface area contributed by atoms with Gasteiger partial charge >= 0.3 is 5.97 Å². The molecule has 0 unspecified atom stereocenters. The largest absolute Gasteiger partial charge is 0.481 e. The highest BCUT2D eigenvalue weighted by molar-refractivity contribution is 9.10. The molecule has 1 heterocycles. The van der Waals surface area contributed by atoms with E-state index in [0.717, 1.165) is 23.1 Å². The maximum atomic E-state index is 11.6. The Morgan fingerprint density at radius 3 is 2.41 bits per heavy atom. The molecule has 3 nitrogen and oxygen atoms in total. The number of nitrogens with zero attached hydrogens (tertiary/aromatic N) is 1. The van der Waals surface area contributed by atoms with Crippen molar-refractivity contribution >= 4 is 21.9 Å². The van der Waals surface area contributed by atoms with E-state index in [9.17, 15) is 9.90 Å². The zero-order valence-corrected chi connectivity index (χ0v) is 13.7. The van der Waals surface area contributed by atoms with Crippen molar-refractivity contribution in [2.45, 2.75) is 12.5 Å². The van der Waals surface area contributed by atoms with Gasteiger partial charge in [0.05, 0.1) is 5.92 Å². The first kappa shape index (κ1) is 15.3. The van der Waals surface area contributed by atoms with Crippen LogP contribution in [0.3, 0.4) is 0 Å². The Labute approximate surface area is 138 Å². The van der Waals surface area contributed by atoms with Crippen molar-refractivity contribution in [2.24, 2.45) is 5.92 Å². The number of hydrogen-bond donors (Lipinski definition) is 1. The summed E-state index contributed by atoms with van der Waals surface area (Å²) in [5.74, 6) is -0.998. The van der Waals surface area contributed by atoms with Gasteiger partial charge in [0.2, 0.25) is 0 Å².